The van der Waals surface area contributed by atoms with Gasteiger partial charge in [0.05, 0.1) is 6.61 Å². The van der Waals surface area contributed by atoms with Crippen LogP contribution in [0.4, 0.5) is 0 Å². The van der Waals surface area contributed by atoms with E-state index in [0.29, 0.717) is 16.7 Å². The highest BCUT2D eigenvalue weighted by Gasteiger charge is 2.22. The summed E-state index contributed by atoms with van der Waals surface area (Å²) in [6, 6.07) is 5.04. The molecule has 1 N–H and O–H groups in total. The molecule has 0 bridgehead atoms. The third kappa shape index (κ3) is 1.77. The first-order valence-electron chi connectivity index (χ1n) is 4.91. The fraction of sp³-hybridized carbons (Fsp3) is 0.273. The summed E-state index contributed by atoms with van der Waals surface area (Å²) in [6.07, 6.45) is -0.0666. The number of oxazole rings is 1. The zero-order valence-electron chi connectivity index (χ0n) is 8.71. The summed E-state index contributed by atoms with van der Waals surface area (Å²) in [5.41, 5.74) is 1.37. The largest absolute Gasteiger partial charge is 0.464 e. The maximum atomic E-state index is 11.4. The summed E-state index contributed by atoms with van der Waals surface area (Å²) in [7, 11) is 0. The molecule has 1 aromatic carbocycles. The van der Waals surface area contributed by atoms with Crippen molar-refractivity contribution in [1.82, 2.24) is 4.98 Å². The van der Waals surface area contributed by atoms with E-state index in [-0.39, 0.29) is 6.61 Å². The molecule has 0 radical (unpaired) electrons. The lowest BCUT2D eigenvalue weighted by atomic mass is 10.1. The van der Waals surface area contributed by atoms with Crippen molar-refractivity contribution in [2.75, 3.05) is 6.61 Å². The molecule has 0 aliphatic carbocycles. The van der Waals surface area contributed by atoms with Gasteiger partial charge in [-0.3, -0.25) is 0 Å². The van der Waals surface area contributed by atoms with E-state index < -0.39 is 12.1 Å². The van der Waals surface area contributed by atoms with Gasteiger partial charge < -0.3 is 14.3 Å². The van der Waals surface area contributed by atoms with Gasteiger partial charge in [-0.1, -0.05) is 12.1 Å². The van der Waals surface area contributed by atoms with Crippen molar-refractivity contribution in [3.05, 3.63) is 30.2 Å². The van der Waals surface area contributed by atoms with Gasteiger partial charge in [-0.25, -0.2) is 9.78 Å². The number of carbonyl (C=O) groups excluding carboxylic acids is 1. The fourth-order valence-corrected chi connectivity index (χ4v) is 1.47. The topological polar surface area (TPSA) is 72.6 Å². The van der Waals surface area contributed by atoms with Gasteiger partial charge in [0, 0.05) is 5.56 Å². The highest BCUT2D eigenvalue weighted by Crippen LogP contribution is 2.24. The number of aliphatic hydroxyl groups is 1. The third-order valence-electron chi connectivity index (χ3n) is 2.19. The maximum absolute atomic E-state index is 11.4. The Kier molecular flexibility index (Phi) is 2.87. The van der Waals surface area contributed by atoms with E-state index in [1.54, 1.807) is 25.1 Å². The Morgan fingerprint density at radius 3 is 3.19 bits per heavy atom. The summed E-state index contributed by atoms with van der Waals surface area (Å²) in [5, 5.41) is 9.77. The predicted molar refractivity (Wildman–Crippen MR) is 55.6 cm³/mol. The van der Waals surface area contributed by atoms with Gasteiger partial charge in [0.25, 0.3) is 0 Å². The van der Waals surface area contributed by atoms with Crippen LogP contribution in [0.5, 0.6) is 0 Å². The number of aromatic nitrogens is 1. The second-order valence-corrected chi connectivity index (χ2v) is 3.20. The molecular weight excluding hydrogens is 210 g/mol. The average molecular weight is 221 g/mol. The molecule has 2 aromatic rings. The van der Waals surface area contributed by atoms with Crippen LogP contribution in [-0.2, 0) is 9.53 Å². The minimum Gasteiger partial charge on any atom is -0.464 e. The molecule has 1 heterocycles. The molecule has 0 saturated carbocycles. The van der Waals surface area contributed by atoms with E-state index >= 15 is 0 Å². The molecule has 2 rings (SSSR count). The Hall–Kier alpha value is -1.88. The van der Waals surface area contributed by atoms with Crippen LogP contribution in [0.2, 0.25) is 0 Å². The van der Waals surface area contributed by atoms with Crippen molar-refractivity contribution in [2.45, 2.75) is 13.0 Å². The van der Waals surface area contributed by atoms with E-state index in [2.05, 4.69) is 4.98 Å². The number of carbonyl (C=O) groups is 1. The summed E-state index contributed by atoms with van der Waals surface area (Å²) in [6.45, 7) is 1.90. The predicted octanol–water partition coefficient (Wildman–Crippen LogP) is 1.42. The van der Waals surface area contributed by atoms with Gasteiger partial charge in [0.2, 0.25) is 0 Å². The first-order chi connectivity index (χ1) is 7.74. The Morgan fingerprint density at radius 2 is 2.44 bits per heavy atom. The van der Waals surface area contributed by atoms with E-state index in [1.807, 2.05) is 0 Å². The van der Waals surface area contributed by atoms with Crippen molar-refractivity contribution < 1.29 is 19.1 Å². The first-order valence-corrected chi connectivity index (χ1v) is 4.91. The van der Waals surface area contributed by atoms with Gasteiger partial charge in [0.1, 0.15) is 5.52 Å². The third-order valence-corrected chi connectivity index (χ3v) is 2.19. The van der Waals surface area contributed by atoms with Crippen molar-refractivity contribution in [3.8, 4) is 0 Å². The minimum absolute atomic E-state index is 0.224. The fourth-order valence-electron chi connectivity index (χ4n) is 1.47. The minimum atomic E-state index is -1.34. The number of para-hydroxylation sites is 1. The molecule has 0 aliphatic heterocycles. The number of hydrogen-bond donors (Lipinski definition) is 1. The van der Waals surface area contributed by atoms with Crippen LogP contribution in [-0.4, -0.2) is 22.7 Å². The molecule has 0 amide bonds. The monoisotopic (exact) mass is 221 g/mol. The number of rotatable bonds is 3. The summed E-state index contributed by atoms with van der Waals surface area (Å²) >= 11 is 0. The van der Waals surface area contributed by atoms with E-state index in [0.717, 1.165) is 0 Å². The molecule has 0 aliphatic rings. The van der Waals surface area contributed by atoms with Crippen LogP contribution in [0, 0.1) is 0 Å². The van der Waals surface area contributed by atoms with Crippen LogP contribution < -0.4 is 0 Å². The van der Waals surface area contributed by atoms with Gasteiger partial charge in [-0.2, -0.15) is 0 Å². The second-order valence-electron chi connectivity index (χ2n) is 3.20. The number of esters is 1. The van der Waals surface area contributed by atoms with Gasteiger partial charge in [-0.15, -0.1) is 0 Å². The molecule has 1 atom stereocenters. The van der Waals surface area contributed by atoms with Gasteiger partial charge in [-0.05, 0) is 13.0 Å². The van der Waals surface area contributed by atoms with Crippen LogP contribution in [0.3, 0.4) is 0 Å². The molecule has 5 nitrogen and oxygen atoms in total. The van der Waals surface area contributed by atoms with E-state index in [1.165, 1.54) is 6.39 Å². The molecule has 1 aromatic heterocycles. The van der Waals surface area contributed by atoms with Crippen LogP contribution in [0.1, 0.15) is 18.6 Å². The van der Waals surface area contributed by atoms with Crippen molar-refractivity contribution in [1.29, 1.82) is 0 Å². The Balaban J connectivity index is 2.39. The molecular formula is C11H11NO4. The lowest BCUT2D eigenvalue weighted by Crippen LogP contribution is -2.15. The molecule has 16 heavy (non-hydrogen) atoms. The summed E-state index contributed by atoms with van der Waals surface area (Å²) in [5.74, 6) is -0.689. The molecule has 5 heteroatoms. The van der Waals surface area contributed by atoms with Crippen LogP contribution >= 0.6 is 0 Å². The Bertz CT molecular complexity index is 505. The lowest BCUT2D eigenvalue weighted by Gasteiger charge is -2.09. The van der Waals surface area contributed by atoms with E-state index in [4.69, 9.17) is 9.15 Å². The number of hydrogen-bond acceptors (Lipinski definition) is 5. The average Bonchev–Trinajstić information content (AvgIpc) is 2.76. The zero-order chi connectivity index (χ0) is 11.5. The zero-order valence-corrected chi connectivity index (χ0v) is 8.71. The van der Waals surface area contributed by atoms with Crippen LogP contribution in [0.15, 0.2) is 29.0 Å². The number of aliphatic hydroxyl groups excluding tert-OH is 1. The van der Waals surface area contributed by atoms with Gasteiger partial charge >= 0.3 is 5.97 Å². The Morgan fingerprint density at radius 1 is 1.62 bits per heavy atom. The van der Waals surface area contributed by atoms with Crippen molar-refractivity contribution >= 4 is 17.1 Å². The quantitative estimate of drug-likeness (QED) is 0.793. The standard InChI is InChI=1S/C11H11NO4/c1-2-15-11(14)9(13)7-4-3-5-8-10(7)16-6-12-8/h3-6,9,13H,2H2,1H3. The van der Waals surface area contributed by atoms with Crippen LogP contribution in [0.25, 0.3) is 11.1 Å². The Labute approximate surface area is 91.7 Å². The SMILES string of the molecule is CCOC(=O)C(O)c1cccc2ncoc12. The number of ether oxygens (including phenoxy) is 1. The lowest BCUT2D eigenvalue weighted by molar-refractivity contribution is -0.153. The highest BCUT2D eigenvalue weighted by molar-refractivity contribution is 5.84. The van der Waals surface area contributed by atoms with E-state index in [9.17, 15) is 9.90 Å². The van der Waals surface area contributed by atoms with Crippen molar-refractivity contribution in [3.63, 3.8) is 0 Å². The summed E-state index contributed by atoms with van der Waals surface area (Å²) in [4.78, 5) is 15.3. The normalized spacial score (nSPS) is 12.6. The molecule has 84 valence electrons. The second kappa shape index (κ2) is 4.32. The molecule has 1 unspecified atom stereocenters. The first kappa shape index (κ1) is 10.6. The van der Waals surface area contributed by atoms with Gasteiger partial charge in [0.15, 0.2) is 18.1 Å². The maximum Gasteiger partial charge on any atom is 0.339 e. The summed E-state index contributed by atoms with van der Waals surface area (Å²) < 4.78 is 9.85. The number of fused-ring (bicyclic) bond motifs is 1. The number of nitrogens with zero attached hydrogens (tertiary/aromatic N) is 1. The smallest absolute Gasteiger partial charge is 0.339 e. The van der Waals surface area contributed by atoms with Crippen molar-refractivity contribution in [2.24, 2.45) is 0 Å². The molecule has 0 saturated heterocycles. The number of benzene rings is 1. The molecule has 0 spiro atoms. The molecule has 0 fully saturated rings. The highest BCUT2D eigenvalue weighted by atomic mass is 16.5.